The Hall–Kier alpha value is -1.85. The lowest BCUT2D eigenvalue weighted by Crippen LogP contribution is -2.25. The molecule has 2 heterocycles. The maximum Gasteiger partial charge on any atom is 0.231 e. The van der Waals surface area contributed by atoms with Crippen LogP contribution < -0.4 is 9.47 Å². The second-order valence-corrected chi connectivity index (χ2v) is 5.58. The number of thiophene rings is 1. The summed E-state index contributed by atoms with van der Waals surface area (Å²) in [6.45, 7) is 1.39. The number of hydrogen-bond acceptors (Lipinski definition) is 5. The van der Waals surface area contributed by atoms with Crippen molar-refractivity contribution >= 4 is 17.1 Å². The highest BCUT2D eigenvalue weighted by Crippen LogP contribution is 2.32. The predicted octanol–water partition coefficient (Wildman–Crippen LogP) is 2.79. The van der Waals surface area contributed by atoms with E-state index in [9.17, 15) is 4.79 Å². The Labute approximate surface area is 121 Å². The van der Waals surface area contributed by atoms with Crippen molar-refractivity contribution in [2.45, 2.75) is 6.54 Å². The van der Waals surface area contributed by atoms with Crippen LogP contribution >= 0.6 is 11.3 Å². The summed E-state index contributed by atoms with van der Waals surface area (Å²) >= 11 is 1.67. The quantitative estimate of drug-likeness (QED) is 0.793. The minimum absolute atomic E-state index is 0.0843. The van der Waals surface area contributed by atoms with Gasteiger partial charge in [0.25, 0.3) is 0 Å². The van der Waals surface area contributed by atoms with Gasteiger partial charge in [-0.05, 0) is 47.6 Å². The highest BCUT2D eigenvalue weighted by Gasteiger charge is 2.17. The van der Waals surface area contributed by atoms with Gasteiger partial charge in [-0.2, -0.15) is 11.3 Å². The van der Waals surface area contributed by atoms with Gasteiger partial charge in [-0.15, -0.1) is 0 Å². The molecular weight excluding hydrogens is 274 g/mol. The van der Waals surface area contributed by atoms with Crippen LogP contribution in [-0.4, -0.2) is 31.1 Å². The second-order valence-electron chi connectivity index (χ2n) is 4.80. The minimum Gasteiger partial charge on any atom is -0.454 e. The van der Waals surface area contributed by atoms with Gasteiger partial charge in [0.15, 0.2) is 17.3 Å². The molecule has 0 atom stereocenters. The van der Waals surface area contributed by atoms with Crippen molar-refractivity contribution in [1.82, 2.24) is 4.90 Å². The molecule has 1 aromatic carbocycles. The summed E-state index contributed by atoms with van der Waals surface area (Å²) in [6, 6.07) is 7.40. The molecule has 104 valence electrons. The smallest absolute Gasteiger partial charge is 0.231 e. The molecule has 4 nitrogen and oxygen atoms in total. The largest absolute Gasteiger partial charge is 0.454 e. The van der Waals surface area contributed by atoms with Crippen LogP contribution in [0.2, 0.25) is 0 Å². The van der Waals surface area contributed by atoms with E-state index < -0.39 is 0 Å². The van der Waals surface area contributed by atoms with E-state index >= 15 is 0 Å². The SMILES string of the molecule is CN(CC(=O)c1ccc2c(c1)OCO2)Cc1ccsc1. The lowest BCUT2D eigenvalue weighted by Gasteiger charge is -2.15. The highest BCUT2D eigenvalue weighted by atomic mass is 32.1. The maximum atomic E-state index is 12.2. The lowest BCUT2D eigenvalue weighted by atomic mass is 10.1. The Bertz CT molecular complexity index is 610. The van der Waals surface area contributed by atoms with Crippen LogP contribution in [-0.2, 0) is 6.54 Å². The summed E-state index contributed by atoms with van der Waals surface area (Å²) in [5.74, 6) is 1.44. The van der Waals surface area contributed by atoms with E-state index in [4.69, 9.17) is 9.47 Å². The first kappa shape index (κ1) is 13.1. The summed E-state index contributed by atoms with van der Waals surface area (Å²) in [5, 5.41) is 4.14. The van der Waals surface area contributed by atoms with Gasteiger partial charge >= 0.3 is 0 Å². The summed E-state index contributed by atoms with van der Waals surface area (Å²) in [7, 11) is 1.95. The van der Waals surface area contributed by atoms with Crippen molar-refractivity contribution in [3.8, 4) is 11.5 Å². The molecule has 1 aliphatic rings. The van der Waals surface area contributed by atoms with Crippen molar-refractivity contribution in [3.63, 3.8) is 0 Å². The third-order valence-corrected chi connectivity index (χ3v) is 3.87. The molecule has 0 spiro atoms. The zero-order chi connectivity index (χ0) is 13.9. The molecule has 0 unspecified atom stereocenters. The zero-order valence-electron chi connectivity index (χ0n) is 11.2. The number of carbonyl (C=O) groups excluding carboxylic acids is 1. The van der Waals surface area contributed by atoms with Gasteiger partial charge in [-0.25, -0.2) is 0 Å². The van der Waals surface area contributed by atoms with E-state index in [1.165, 1.54) is 5.56 Å². The maximum absolute atomic E-state index is 12.2. The van der Waals surface area contributed by atoms with Crippen LogP contribution in [0.5, 0.6) is 11.5 Å². The average molecular weight is 289 g/mol. The number of Topliss-reactive ketones (excluding diaryl/α,β-unsaturated/α-hetero) is 1. The first-order valence-corrected chi connectivity index (χ1v) is 7.29. The number of carbonyl (C=O) groups is 1. The summed E-state index contributed by atoms with van der Waals surface area (Å²) in [5.41, 5.74) is 1.89. The molecular formula is C15H15NO3S. The van der Waals surface area contributed by atoms with Gasteiger partial charge in [0.1, 0.15) is 0 Å². The van der Waals surface area contributed by atoms with Crippen molar-refractivity contribution in [2.24, 2.45) is 0 Å². The van der Waals surface area contributed by atoms with Crippen LogP contribution in [0, 0.1) is 0 Å². The Morgan fingerprint density at radius 1 is 1.30 bits per heavy atom. The number of hydrogen-bond donors (Lipinski definition) is 0. The van der Waals surface area contributed by atoms with Crippen LogP contribution in [0.25, 0.3) is 0 Å². The van der Waals surface area contributed by atoms with Gasteiger partial charge in [-0.3, -0.25) is 9.69 Å². The summed E-state index contributed by atoms with van der Waals surface area (Å²) in [4.78, 5) is 14.3. The monoisotopic (exact) mass is 289 g/mol. The van der Waals surface area contributed by atoms with Crippen molar-refractivity contribution in [1.29, 1.82) is 0 Å². The van der Waals surface area contributed by atoms with Crippen LogP contribution in [0.4, 0.5) is 0 Å². The molecule has 2 aromatic rings. The van der Waals surface area contributed by atoms with E-state index in [2.05, 4.69) is 11.4 Å². The van der Waals surface area contributed by atoms with E-state index in [1.54, 1.807) is 29.5 Å². The highest BCUT2D eigenvalue weighted by molar-refractivity contribution is 7.07. The average Bonchev–Trinajstić information content (AvgIpc) is 3.07. The molecule has 0 amide bonds. The van der Waals surface area contributed by atoms with Crippen molar-refractivity contribution in [2.75, 3.05) is 20.4 Å². The Morgan fingerprint density at radius 3 is 2.95 bits per heavy atom. The molecule has 5 heteroatoms. The number of benzene rings is 1. The number of rotatable bonds is 5. The molecule has 0 fully saturated rings. The van der Waals surface area contributed by atoms with Crippen molar-refractivity contribution < 1.29 is 14.3 Å². The number of ketones is 1. The molecule has 0 radical (unpaired) electrons. The topological polar surface area (TPSA) is 38.8 Å². The van der Waals surface area contributed by atoms with Crippen LogP contribution in [0.3, 0.4) is 0 Å². The zero-order valence-corrected chi connectivity index (χ0v) is 12.0. The number of nitrogens with zero attached hydrogens (tertiary/aromatic N) is 1. The van der Waals surface area contributed by atoms with E-state index in [1.807, 2.05) is 17.3 Å². The van der Waals surface area contributed by atoms with Gasteiger partial charge < -0.3 is 9.47 Å². The third-order valence-electron chi connectivity index (χ3n) is 3.14. The van der Waals surface area contributed by atoms with Crippen molar-refractivity contribution in [3.05, 3.63) is 46.2 Å². The standard InChI is InChI=1S/C15H15NO3S/c1-16(7-11-4-5-20-9-11)8-13(17)12-2-3-14-15(6-12)19-10-18-14/h2-6,9H,7-8,10H2,1H3. The number of likely N-dealkylation sites (N-methyl/N-ethyl adjacent to an activating group) is 1. The van der Waals surface area contributed by atoms with Gasteiger partial charge in [0, 0.05) is 12.1 Å². The van der Waals surface area contributed by atoms with E-state index in [0.717, 1.165) is 6.54 Å². The number of fused-ring (bicyclic) bond motifs is 1. The molecule has 0 aliphatic carbocycles. The molecule has 0 saturated heterocycles. The molecule has 0 saturated carbocycles. The molecule has 1 aromatic heterocycles. The van der Waals surface area contributed by atoms with Gasteiger partial charge in [0.05, 0.1) is 6.54 Å². The summed E-state index contributed by atoms with van der Waals surface area (Å²) in [6.07, 6.45) is 0. The van der Waals surface area contributed by atoms with Crippen LogP contribution in [0.1, 0.15) is 15.9 Å². The molecule has 3 rings (SSSR count). The van der Waals surface area contributed by atoms with E-state index in [0.29, 0.717) is 23.6 Å². The lowest BCUT2D eigenvalue weighted by molar-refractivity contribution is 0.0942. The molecule has 1 aliphatic heterocycles. The Kier molecular flexibility index (Phi) is 3.71. The predicted molar refractivity (Wildman–Crippen MR) is 77.5 cm³/mol. The normalized spacial score (nSPS) is 12.9. The second kappa shape index (κ2) is 5.64. The molecule has 0 N–H and O–H groups in total. The third kappa shape index (κ3) is 2.84. The fourth-order valence-corrected chi connectivity index (χ4v) is 2.82. The number of ether oxygens (including phenoxy) is 2. The summed E-state index contributed by atoms with van der Waals surface area (Å²) < 4.78 is 10.5. The fourth-order valence-electron chi connectivity index (χ4n) is 2.16. The molecule has 0 bridgehead atoms. The minimum atomic E-state index is 0.0843. The fraction of sp³-hybridized carbons (Fsp3) is 0.267. The van der Waals surface area contributed by atoms with Gasteiger partial charge in [-0.1, -0.05) is 0 Å². The van der Waals surface area contributed by atoms with Gasteiger partial charge in [0.2, 0.25) is 6.79 Å². The van der Waals surface area contributed by atoms with Crippen LogP contribution in [0.15, 0.2) is 35.0 Å². The Morgan fingerprint density at radius 2 is 2.15 bits per heavy atom. The Balaban J connectivity index is 1.64. The molecule has 20 heavy (non-hydrogen) atoms. The first-order chi connectivity index (χ1) is 9.72. The van der Waals surface area contributed by atoms with E-state index in [-0.39, 0.29) is 12.6 Å². The first-order valence-electron chi connectivity index (χ1n) is 6.35.